The third-order valence-electron chi connectivity index (χ3n) is 4.45. The van der Waals surface area contributed by atoms with Crippen LogP contribution in [0.3, 0.4) is 0 Å². The second kappa shape index (κ2) is 10.6. The summed E-state index contributed by atoms with van der Waals surface area (Å²) in [5.74, 6) is 1.89. The molecule has 2 atom stereocenters. The van der Waals surface area contributed by atoms with Gasteiger partial charge in [0.25, 0.3) is 0 Å². The smallest absolute Gasteiger partial charge is 0.279 e. The molecule has 2 fully saturated rings. The van der Waals surface area contributed by atoms with E-state index in [-0.39, 0.29) is 11.4 Å². The summed E-state index contributed by atoms with van der Waals surface area (Å²) in [4.78, 5) is 0. The predicted molar refractivity (Wildman–Crippen MR) is 95.3 cm³/mol. The van der Waals surface area contributed by atoms with E-state index in [1.165, 1.54) is 32.1 Å². The molecule has 0 heterocycles. The van der Waals surface area contributed by atoms with E-state index in [2.05, 4.69) is 0 Å². The molecular weight excluding hydrogens is 433 g/mol. The summed E-state index contributed by atoms with van der Waals surface area (Å²) in [5, 5.41) is 0.220. The number of hydrogen-bond donors (Lipinski definition) is 2. The van der Waals surface area contributed by atoms with Crippen molar-refractivity contribution < 1.29 is 43.3 Å². The average molecular weight is 459 g/mol. The van der Waals surface area contributed by atoms with E-state index >= 15 is 0 Å². The minimum absolute atomic E-state index is 0.220. The second-order valence-corrected chi connectivity index (χ2v) is 10.4. The molecule has 13 heteroatoms. The van der Waals surface area contributed by atoms with E-state index in [0.717, 1.165) is 37.4 Å². The maximum atomic E-state index is 10.9. The first-order valence-electron chi connectivity index (χ1n) is 8.60. The molecule has 2 saturated carbocycles. The molecule has 0 amide bonds. The monoisotopic (exact) mass is 458 g/mol. The molecular formula is C14H25F3O7S3. The molecule has 0 radical (unpaired) electrons. The molecule has 2 unspecified atom stereocenters. The molecule has 2 aliphatic carbocycles. The first-order valence-corrected chi connectivity index (χ1v) is 12.5. The summed E-state index contributed by atoms with van der Waals surface area (Å²) >= 11 is 1.85. The highest BCUT2D eigenvalue weighted by Gasteiger charge is 2.44. The van der Waals surface area contributed by atoms with Gasteiger partial charge < -0.3 is 0 Å². The Kier molecular flexibility index (Phi) is 9.82. The van der Waals surface area contributed by atoms with Gasteiger partial charge >= 0.3 is 26.0 Å². The minimum Gasteiger partial charge on any atom is -0.279 e. The third kappa shape index (κ3) is 10.3. The summed E-state index contributed by atoms with van der Waals surface area (Å²) in [6.07, 6.45) is 10.2. The Morgan fingerprint density at radius 2 is 1.37 bits per heavy atom. The molecule has 0 aliphatic heterocycles. The summed E-state index contributed by atoms with van der Waals surface area (Å²) in [5.41, 5.74) is -5.53. The van der Waals surface area contributed by atoms with Crippen molar-refractivity contribution in [1.29, 1.82) is 0 Å². The number of halogens is 3. The van der Waals surface area contributed by atoms with Crippen LogP contribution in [0.15, 0.2) is 0 Å². The summed E-state index contributed by atoms with van der Waals surface area (Å²) in [6.45, 7) is 0. The van der Waals surface area contributed by atoms with Crippen LogP contribution in [0.5, 0.6) is 0 Å². The van der Waals surface area contributed by atoms with Crippen molar-refractivity contribution >= 4 is 32.3 Å². The van der Waals surface area contributed by atoms with Gasteiger partial charge in [0.2, 0.25) is 0 Å². The lowest BCUT2D eigenvalue weighted by atomic mass is 9.91. The van der Waals surface area contributed by atoms with E-state index in [1.807, 2.05) is 11.8 Å². The predicted octanol–water partition coefficient (Wildman–Crippen LogP) is 3.82. The van der Waals surface area contributed by atoms with Gasteiger partial charge in [0.05, 0.1) is 6.10 Å². The first kappa shape index (κ1) is 25.0. The summed E-state index contributed by atoms with van der Waals surface area (Å²) < 4.78 is 93.0. The quantitative estimate of drug-likeness (QED) is 0.471. The van der Waals surface area contributed by atoms with Gasteiger partial charge in [-0.1, -0.05) is 32.1 Å². The van der Waals surface area contributed by atoms with Crippen molar-refractivity contribution in [3.8, 4) is 0 Å². The van der Waals surface area contributed by atoms with Crippen LogP contribution in [-0.2, 0) is 24.7 Å². The van der Waals surface area contributed by atoms with Crippen LogP contribution in [-0.4, -0.2) is 48.6 Å². The second-order valence-electron chi connectivity index (χ2n) is 6.64. The Morgan fingerprint density at radius 1 is 0.889 bits per heavy atom. The Morgan fingerprint density at radius 3 is 1.85 bits per heavy atom. The van der Waals surface area contributed by atoms with Gasteiger partial charge in [-0.25, -0.2) is 4.18 Å². The fraction of sp³-hybridized carbons (Fsp3) is 1.00. The lowest BCUT2D eigenvalue weighted by Crippen LogP contribution is -2.32. The molecule has 0 aromatic carbocycles. The zero-order chi connectivity index (χ0) is 20.7. The van der Waals surface area contributed by atoms with Crippen LogP contribution in [0, 0.1) is 5.92 Å². The van der Waals surface area contributed by atoms with Crippen molar-refractivity contribution in [2.24, 2.45) is 5.92 Å². The van der Waals surface area contributed by atoms with E-state index in [0.29, 0.717) is 0 Å². The SMILES string of the molecule is O=S(=O)(O)C(F)(F)F.O=S(=O)(O)OC1CCCCC1SCC1CCCCC1. The van der Waals surface area contributed by atoms with E-state index < -0.39 is 26.0 Å². The van der Waals surface area contributed by atoms with Crippen molar-refractivity contribution in [1.82, 2.24) is 0 Å². The van der Waals surface area contributed by atoms with Gasteiger partial charge in [-0.3, -0.25) is 9.11 Å². The van der Waals surface area contributed by atoms with Crippen LogP contribution in [0.25, 0.3) is 0 Å². The Bertz CT molecular complexity index is 643. The Hall–Kier alpha value is -0.0800. The minimum atomic E-state index is -5.84. The number of hydrogen-bond acceptors (Lipinski definition) is 6. The van der Waals surface area contributed by atoms with Gasteiger partial charge in [-0.15, -0.1) is 0 Å². The van der Waals surface area contributed by atoms with Gasteiger partial charge in [0, 0.05) is 5.25 Å². The van der Waals surface area contributed by atoms with Crippen LogP contribution in [0.2, 0.25) is 0 Å². The topological polar surface area (TPSA) is 118 Å². The van der Waals surface area contributed by atoms with Crippen molar-refractivity contribution in [2.75, 3.05) is 5.75 Å². The summed E-state index contributed by atoms with van der Waals surface area (Å²) in [7, 11) is -10.2. The maximum absolute atomic E-state index is 10.9. The summed E-state index contributed by atoms with van der Waals surface area (Å²) in [6, 6.07) is 0. The third-order valence-corrected chi connectivity index (χ3v) is 7.16. The number of alkyl halides is 3. The molecule has 0 aromatic heterocycles. The van der Waals surface area contributed by atoms with E-state index in [9.17, 15) is 21.6 Å². The van der Waals surface area contributed by atoms with Crippen molar-refractivity contribution in [2.45, 2.75) is 74.6 Å². The molecule has 0 aromatic rings. The van der Waals surface area contributed by atoms with Crippen molar-refractivity contribution in [3.05, 3.63) is 0 Å². The number of rotatable bonds is 5. The van der Waals surface area contributed by atoms with Crippen LogP contribution in [0.4, 0.5) is 13.2 Å². The fourth-order valence-corrected chi connectivity index (χ4v) is 5.34. The Labute approximate surface area is 162 Å². The van der Waals surface area contributed by atoms with E-state index in [1.54, 1.807) is 0 Å². The molecule has 162 valence electrons. The number of thioether (sulfide) groups is 1. The molecule has 2 N–H and O–H groups in total. The standard InChI is InChI=1S/C13H24O4S2.CHF3O3S/c14-19(15,16)17-12-8-4-5-9-13(12)18-10-11-6-2-1-3-7-11;2-1(3,4)8(5,6)7/h11-13H,1-10H2,(H,14,15,16);(H,5,6,7). The first-order chi connectivity index (χ1) is 12.3. The normalized spacial score (nSPS) is 25.5. The highest BCUT2D eigenvalue weighted by atomic mass is 32.3. The van der Waals surface area contributed by atoms with Gasteiger partial charge in [-0.2, -0.15) is 41.8 Å². The molecule has 2 aliphatic rings. The Balaban J connectivity index is 0.000000387. The molecule has 0 saturated heterocycles. The highest BCUT2D eigenvalue weighted by Crippen LogP contribution is 2.35. The zero-order valence-corrected chi connectivity index (χ0v) is 17.0. The lowest BCUT2D eigenvalue weighted by Gasteiger charge is -2.31. The van der Waals surface area contributed by atoms with Crippen LogP contribution >= 0.6 is 11.8 Å². The largest absolute Gasteiger partial charge is 0.522 e. The zero-order valence-electron chi connectivity index (χ0n) is 14.6. The molecule has 0 spiro atoms. The lowest BCUT2D eigenvalue weighted by molar-refractivity contribution is -0.0510. The van der Waals surface area contributed by atoms with Crippen molar-refractivity contribution in [3.63, 3.8) is 0 Å². The van der Waals surface area contributed by atoms with Gasteiger partial charge in [0.1, 0.15) is 0 Å². The fourth-order valence-electron chi connectivity index (χ4n) is 3.13. The van der Waals surface area contributed by atoms with Gasteiger partial charge in [-0.05, 0) is 37.4 Å². The molecule has 2 rings (SSSR count). The maximum Gasteiger partial charge on any atom is 0.522 e. The van der Waals surface area contributed by atoms with Gasteiger partial charge in [0.15, 0.2) is 0 Å². The van der Waals surface area contributed by atoms with E-state index in [4.69, 9.17) is 21.7 Å². The molecule has 27 heavy (non-hydrogen) atoms. The molecule has 7 nitrogen and oxygen atoms in total. The molecule has 0 bridgehead atoms. The van der Waals surface area contributed by atoms with Crippen LogP contribution < -0.4 is 0 Å². The average Bonchev–Trinajstić information content (AvgIpc) is 2.52. The van der Waals surface area contributed by atoms with Crippen LogP contribution in [0.1, 0.15) is 57.8 Å². The highest BCUT2D eigenvalue weighted by molar-refractivity contribution is 8.00.